The van der Waals surface area contributed by atoms with Crippen molar-refractivity contribution in [2.24, 2.45) is 0 Å². The van der Waals surface area contributed by atoms with Crippen LogP contribution in [0, 0.1) is 0 Å². The second-order valence-corrected chi connectivity index (χ2v) is 6.15. The third-order valence-corrected chi connectivity index (χ3v) is 4.41. The molecule has 1 aliphatic rings. The lowest BCUT2D eigenvalue weighted by molar-refractivity contribution is -0.136. The van der Waals surface area contributed by atoms with Crippen LogP contribution in [0.1, 0.15) is 0 Å². The molecule has 1 heterocycles. The summed E-state index contributed by atoms with van der Waals surface area (Å²) in [4.78, 5) is 25.8. The number of nitrogens with one attached hydrogen (secondary N) is 1. The van der Waals surface area contributed by atoms with Gasteiger partial charge in [-0.05, 0) is 28.1 Å². The summed E-state index contributed by atoms with van der Waals surface area (Å²) in [5, 5.41) is 12.3. The molecule has 2 rings (SSSR count). The van der Waals surface area contributed by atoms with Crippen molar-refractivity contribution < 1.29 is 24.2 Å². The van der Waals surface area contributed by atoms with Crippen LogP contribution in [0.3, 0.4) is 0 Å². The first kappa shape index (κ1) is 18.6. The van der Waals surface area contributed by atoms with E-state index in [2.05, 4.69) is 21.2 Å². The lowest BCUT2D eigenvalue weighted by atomic mass is 10.2. The normalized spacial score (nSPS) is 14.2. The van der Waals surface area contributed by atoms with Crippen molar-refractivity contribution in [2.75, 3.05) is 39.2 Å². The first-order chi connectivity index (χ1) is 11.4. The number of carbonyl (C=O) groups excluding carboxylic acids is 2. The van der Waals surface area contributed by atoms with Crippen LogP contribution in [0.25, 0.3) is 0 Å². The van der Waals surface area contributed by atoms with E-state index in [1.807, 2.05) is 0 Å². The molecule has 1 aromatic carbocycles. The van der Waals surface area contributed by atoms with Crippen LogP contribution in [0.4, 0.5) is 5.69 Å². The predicted molar refractivity (Wildman–Crippen MR) is 92.0 cm³/mol. The summed E-state index contributed by atoms with van der Waals surface area (Å²) in [5.41, 5.74) is 0.781. The fourth-order valence-electron chi connectivity index (χ4n) is 2.26. The average Bonchev–Trinajstić information content (AvgIpc) is 2.87. The number of nitrogens with zero attached hydrogens (tertiary/aromatic N) is 1. The number of amides is 1. The molecule has 9 heteroatoms. The van der Waals surface area contributed by atoms with Crippen molar-refractivity contribution in [3.05, 3.63) is 32.9 Å². The van der Waals surface area contributed by atoms with Crippen LogP contribution in [0.15, 0.2) is 27.9 Å². The molecule has 0 fully saturated rings. The molecule has 0 atom stereocenters. The molecule has 0 radical (unpaired) electrons. The van der Waals surface area contributed by atoms with Gasteiger partial charge in [-0.25, -0.2) is 4.79 Å². The van der Waals surface area contributed by atoms with E-state index in [4.69, 9.17) is 26.2 Å². The van der Waals surface area contributed by atoms with Crippen LogP contribution < -0.4 is 10.1 Å². The van der Waals surface area contributed by atoms with Crippen LogP contribution in [-0.4, -0.2) is 55.8 Å². The number of anilines is 1. The van der Waals surface area contributed by atoms with Gasteiger partial charge in [0.05, 0.1) is 43.7 Å². The Morgan fingerprint density at radius 2 is 2.17 bits per heavy atom. The average molecular weight is 420 g/mol. The number of methoxy groups -OCH3 is 2. The summed E-state index contributed by atoms with van der Waals surface area (Å²) in [6.45, 7) is -0.0174. The number of aliphatic hydroxyl groups is 1. The highest BCUT2D eigenvalue weighted by Gasteiger charge is 2.34. The molecule has 2 N–H and O–H groups in total. The Labute approximate surface area is 152 Å². The lowest BCUT2D eigenvalue weighted by Gasteiger charge is -2.16. The van der Waals surface area contributed by atoms with Gasteiger partial charge in [-0.2, -0.15) is 0 Å². The summed E-state index contributed by atoms with van der Waals surface area (Å²) in [5.74, 6) is -0.541. The molecule has 0 bridgehead atoms. The van der Waals surface area contributed by atoms with E-state index < -0.39 is 11.9 Å². The second-order valence-electron chi connectivity index (χ2n) is 4.89. The van der Waals surface area contributed by atoms with Gasteiger partial charge in [-0.1, -0.05) is 11.6 Å². The number of halogens is 2. The Morgan fingerprint density at radius 3 is 2.75 bits per heavy atom. The van der Waals surface area contributed by atoms with Gasteiger partial charge in [0.25, 0.3) is 5.91 Å². The number of ether oxygens (including phenoxy) is 2. The fraction of sp³-hybridized carbons (Fsp3) is 0.333. The Kier molecular flexibility index (Phi) is 6.09. The molecular formula is C15H16BrClN2O5. The number of β-amino-alcohol motifs (C(OH)–C–C–N with tert-alkyl or cyclic N) is 1. The van der Waals surface area contributed by atoms with Crippen molar-refractivity contribution in [3.8, 4) is 5.75 Å². The van der Waals surface area contributed by atoms with E-state index in [1.54, 1.807) is 12.1 Å². The number of hydrogen-bond acceptors (Lipinski definition) is 6. The van der Waals surface area contributed by atoms with Crippen LogP contribution >= 0.6 is 27.5 Å². The third kappa shape index (κ3) is 3.66. The number of carbonyl (C=O) groups is 2. The highest BCUT2D eigenvalue weighted by molar-refractivity contribution is 9.10. The van der Waals surface area contributed by atoms with Crippen LogP contribution in [0.5, 0.6) is 5.75 Å². The Hall–Kier alpha value is -1.77. The summed E-state index contributed by atoms with van der Waals surface area (Å²) in [6, 6.07) is 3.22. The monoisotopic (exact) mass is 418 g/mol. The Bertz CT molecular complexity index is 707. The first-order valence-corrected chi connectivity index (χ1v) is 8.11. The maximum absolute atomic E-state index is 12.5. The highest BCUT2D eigenvalue weighted by Crippen LogP contribution is 2.36. The highest BCUT2D eigenvalue weighted by atomic mass is 79.9. The fourth-order valence-corrected chi connectivity index (χ4v) is 2.93. The molecule has 0 saturated heterocycles. The van der Waals surface area contributed by atoms with Gasteiger partial charge in [-0.3, -0.25) is 4.79 Å². The maximum Gasteiger partial charge on any atom is 0.337 e. The van der Waals surface area contributed by atoms with Crippen molar-refractivity contribution in [1.29, 1.82) is 0 Å². The van der Waals surface area contributed by atoms with Gasteiger partial charge in [0.1, 0.15) is 11.4 Å². The zero-order valence-corrected chi connectivity index (χ0v) is 15.4. The molecule has 0 aromatic heterocycles. The zero-order chi connectivity index (χ0) is 17.9. The number of hydrogen-bond donors (Lipinski definition) is 2. The maximum atomic E-state index is 12.5. The van der Waals surface area contributed by atoms with Gasteiger partial charge in [0.2, 0.25) is 0 Å². The van der Waals surface area contributed by atoms with E-state index >= 15 is 0 Å². The third-order valence-electron chi connectivity index (χ3n) is 3.45. The summed E-state index contributed by atoms with van der Waals surface area (Å²) >= 11 is 9.47. The SMILES string of the molecule is COC(=O)C1=C(Nc2cc(Cl)c(OC)cc2Br)C(=O)N(CCO)C1. The molecule has 0 aliphatic carbocycles. The molecule has 0 saturated carbocycles. The minimum absolute atomic E-state index is 0.0654. The smallest absolute Gasteiger partial charge is 0.337 e. The van der Waals surface area contributed by atoms with Gasteiger partial charge >= 0.3 is 5.97 Å². The van der Waals surface area contributed by atoms with E-state index in [-0.39, 0.29) is 31.0 Å². The molecule has 0 unspecified atom stereocenters. The van der Waals surface area contributed by atoms with Gasteiger partial charge in [0, 0.05) is 11.0 Å². The minimum Gasteiger partial charge on any atom is -0.495 e. The molecular weight excluding hydrogens is 404 g/mol. The van der Waals surface area contributed by atoms with E-state index in [0.717, 1.165) is 0 Å². The molecule has 1 amide bonds. The topological polar surface area (TPSA) is 88.1 Å². The number of aliphatic hydroxyl groups excluding tert-OH is 1. The predicted octanol–water partition coefficient (Wildman–Crippen LogP) is 1.78. The summed E-state index contributed by atoms with van der Waals surface area (Å²) in [6.07, 6.45) is 0. The second kappa shape index (κ2) is 7.87. The quantitative estimate of drug-likeness (QED) is 0.684. The summed E-state index contributed by atoms with van der Waals surface area (Å²) in [7, 11) is 2.73. The standard InChI is InChI=1S/C15H16BrClN2O5/c1-23-12-5-9(16)11(6-10(12)17)18-13-8(15(22)24-2)7-19(3-4-20)14(13)21/h5-6,18,20H,3-4,7H2,1-2H3. The Balaban J connectivity index is 2.39. The Morgan fingerprint density at radius 1 is 1.46 bits per heavy atom. The summed E-state index contributed by atoms with van der Waals surface area (Å²) < 4.78 is 10.5. The van der Waals surface area contributed by atoms with Gasteiger partial charge in [0.15, 0.2) is 0 Å². The van der Waals surface area contributed by atoms with Gasteiger partial charge in [-0.15, -0.1) is 0 Å². The van der Waals surface area contributed by atoms with Crippen molar-refractivity contribution >= 4 is 45.1 Å². The molecule has 1 aliphatic heterocycles. The minimum atomic E-state index is -0.609. The number of benzene rings is 1. The number of rotatable bonds is 6. The molecule has 7 nitrogen and oxygen atoms in total. The van der Waals surface area contributed by atoms with Crippen molar-refractivity contribution in [2.45, 2.75) is 0 Å². The zero-order valence-electron chi connectivity index (χ0n) is 13.1. The molecule has 1 aromatic rings. The first-order valence-electron chi connectivity index (χ1n) is 6.94. The molecule has 130 valence electrons. The van der Waals surface area contributed by atoms with Crippen molar-refractivity contribution in [3.63, 3.8) is 0 Å². The van der Waals surface area contributed by atoms with E-state index in [9.17, 15) is 9.59 Å². The molecule has 0 spiro atoms. The number of esters is 1. The van der Waals surface area contributed by atoms with Crippen LogP contribution in [-0.2, 0) is 14.3 Å². The lowest BCUT2D eigenvalue weighted by Crippen LogP contribution is -2.31. The van der Waals surface area contributed by atoms with E-state index in [1.165, 1.54) is 19.1 Å². The van der Waals surface area contributed by atoms with Crippen molar-refractivity contribution in [1.82, 2.24) is 4.90 Å². The van der Waals surface area contributed by atoms with Gasteiger partial charge < -0.3 is 24.8 Å². The molecule has 24 heavy (non-hydrogen) atoms. The van der Waals surface area contributed by atoms with Crippen LogP contribution in [0.2, 0.25) is 5.02 Å². The largest absolute Gasteiger partial charge is 0.495 e. The van der Waals surface area contributed by atoms with E-state index in [0.29, 0.717) is 20.9 Å².